The van der Waals surface area contributed by atoms with Crippen LogP contribution in [0.25, 0.3) is 0 Å². The van der Waals surface area contributed by atoms with Crippen molar-refractivity contribution in [3.63, 3.8) is 0 Å². The number of nitrogens with one attached hydrogen (secondary N) is 1. The Morgan fingerprint density at radius 3 is 2.58 bits per heavy atom. The molecular formula is C21H29N3. The topological polar surface area (TPSA) is 28.2 Å². The monoisotopic (exact) mass is 323 g/mol. The van der Waals surface area contributed by atoms with Crippen molar-refractivity contribution in [3.8, 4) is 0 Å². The van der Waals surface area contributed by atoms with E-state index >= 15 is 0 Å². The van der Waals surface area contributed by atoms with E-state index in [0.29, 0.717) is 12.1 Å². The maximum absolute atomic E-state index is 4.27. The average molecular weight is 323 g/mol. The fraction of sp³-hybridized carbons (Fsp3) is 0.476. The molecule has 0 radical (unpaired) electrons. The molecule has 3 rings (SSSR count). The molecule has 2 heterocycles. The third-order valence-corrected chi connectivity index (χ3v) is 5.05. The Morgan fingerprint density at radius 2 is 1.88 bits per heavy atom. The van der Waals surface area contributed by atoms with Crippen LogP contribution in [0.2, 0.25) is 0 Å². The molecule has 0 saturated carbocycles. The standard InChI is InChI=1S/C21H29N3/c1-17-12-20(15-22-14-17)16-23-21-8-10-24(11-9-21)18(2)13-19-6-4-3-5-7-19/h3-7,12,14-15,18,21,23H,8-11,13,16H2,1-2H3. The lowest BCUT2D eigenvalue weighted by Crippen LogP contribution is -2.46. The van der Waals surface area contributed by atoms with Crippen molar-refractivity contribution < 1.29 is 0 Å². The normalized spacial score (nSPS) is 17.8. The van der Waals surface area contributed by atoms with E-state index in [0.717, 1.165) is 13.0 Å². The summed E-state index contributed by atoms with van der Waals surface area (Å²) >= 11 is 0. The molecule has 128 valence electrons. The minimum absolute atomic E-state index is 0.620. The number of pyridine rings is 1. The van der Waals surface area contributed by atoms with Crippen molar-refractivity contribution in [2.24, 2.45) is 0 Å². The van der Waals surface area contributed by atoms with E-state index in [2.05, 4.69) is 65.4 Å². The summed E-state index contributed by atoms with van der Waals surface area (Å²) in [6.45, 7) is 7.77. The summed E-state index contributed by atoms with van der Waals surface area (Å²) in [6.07, 6.45) is 7.50. The Labute approximate surface area is 146 Å². The van der Waals surface area contributed by atoms with Crippen molar-refractivity contribution in [1.29, 1.82) is 0 Å². The van der Waals surface area contributed by atoms with Crippen LogP contribution in [-0.4, -0.2) is 35.1 Å². The van der Waals surface area contributed by atoms with E-state index in [-0.39, 0.29) is 0 Å². The number of hydrogen-bond acceptors (Lipinski definition) is 3. The van der Waals surface area contributed by atoms with Crippen LogP contribution >= 0.6 is 0 Å². The molecule has 0 spiro atoms. The molecule has 0 bridgehead atoms. The van der Waals surface area contributed by atoms with Gasteiger partial charge in [0.25, 0.3) is 0 Å². The van der Waals surface area contributed by atoms with Crippen molar-refractivity contribution in [2.45, 2.75) is 51.7 Å². The number of aryl methyl sites for hydroxylation is 1. The predicted molar refractivity (Wildman–Crippen MR) is 100 cm³/mol. The summed E-state index contributed by atoms with van der Waals surface area (Å²) in [6, 6.07) is 14.3. The Balaban J connectivity index is 1.42. The summed E-state index contributed by atoms with van der Waals surface area (Å²) in [4.78, 5) is 6.91. The molecule has 1 N–H and O–H groups in total. The number of rotatable bonds is 6. The zero-order valence-electron chi connectivity index (χ0n) is 14.9. The van der Waals surface area contributed by atoms with E-state index in [4.69, 9.17) is 0 Å². The second-order valence-corrected chi connectivity index (χ2v) is 7.10. The van der Waals surface area contributed by atoms with Crippen molar-refractivity contribution in [2.75, 3.05) is 13.1 Å². The first kappa shape index (κ1) is 17.1. The van der Waals surface area contributed by atoms with E-state index in [1.165, 1.54) is 42.6 Å². The van der Waals surface area contributed by atoms with Gasteiger partial charge in [0.05, 0.1) is 0 Å². The molecule has 1 aromatic heterocycles. The van der Waals surface area contributed by atoms with Gasteiger partial charge in [-0.2, -0.15) is 0 Å². The van der Waals surface area contributed by atoms with Gasteiger partial charge in [-0.3, -0.25) is 4.98 Å². The quantitative estimate of drug-likeness (QED) is 0.881. The fourth-order valence-corrected chi connectivity index (χ4v) is 3.61. The van der Waals surface area contributed by atoms with Crippen LogP contribution in [0, 0.1) is 6.92 Å². The maximum Gasteiger partial charge on any atom is 0.0313 e. The molecule has 1 aliphatic rings. The van der Waals surface area contributed by atoms with Crippen LogP contribution in [-0.2, 0) is 13.0 Å². The molecule has 1 aliphatic heterocycles. The van der Waals surface area contributed by atoms with Crippen LogP contribution in [0.15, 0.2) is 48.8 Å². The second-order valence-electron chi connectivity index (χ2n) is 7.10. The van der Waals surface area contributed by atoms with Crippen LogP contribution in [0.3, 0.4) is 0 Å². The van der Waals surface area contributed by atoms with Crippen molar-refractivity contribution in [3.05, 3.63) is 65.5 Å². The average Bonchev–Trinajstić information content (AvgIpc) is 2.61. The highest BCUT2D eigenvalue weighted by Crippen LogP contribution is 2.16. The minimum Gasteiger partial charge on any atom is -0.310 e. The van der Waals surface area contributed by atoms with E-state index in [1.807, 2.05) is 12.4 Å². The lowest BCUT2D eigenvalue weighted by molar-refractivity contribution is 0.151. The smallest absolute Gasteiger partial charge is 0.0313 e. The Kier molecular flexibility index (Phi) is 6.00. The van der Waals surface area contributed by atoms with Gasteiger partial charge in [-0.15, -0.1) is 0 Å². The third-order valence-electron chi connectivity index (χ3n) is 5.05. The Morgan fingerprint density at radius 1 is 1.12 bits per heavy atom. The summed E-state index contributed by atoms with van der Waals surface area (Å²) in [5.74, 6) is 0. The third kappa shape index (κ3) is 4.89. The van der Waals surface area contributed by atoms with Gasteiger partial charge in [-0.05, 0) is 62.9 Å². The lowest BCUT2D eigenvalue weighted by Gasteiger charge is -2.36. The van der Waals surface area contributed by atoms with Crippen LogP contribution in [0.1, 0.15) is 36.5 Å². The molecule has 3 heteroatoms. The first-order valence-corrected chi connectivity index (χ1v) is 9.12. The van der Waals surface area contributed by atoms with Crippen LogP contribution in [0.5, 0.6) is 0 Å². The molecule has 1 unspecified atom stereocenters. The summed E-state index contributed by atoms with van der Waals surface area (Å²) in [5, 5.41) is 3.71. The SMILES string of the molecule is Cc1cncc(CNC2CCN(C(C)Cc3ccccc3)CC2)c1. The van der Waals surface area contributed by atoms with E-state index in [9.17, 15) is 0 Å². The maximum atomic E-state index is 4.27. The molecule has 1 saturated heterocycles. The van der Waals surface area contributed by atoms with E-state index in [1.54, 1.807) is 0 Å². The number of aromatic nitrogens is 1. The molecule has 0 amide bonds. The largest absolute Gasteiger partial charge is 0.310 e. The molecule has 1 atom stereocenters. The van der Waals surface area contributed by atoms with Crippen LogP contribution < -0.4 is 5.32 Å². The van der Waals surface area contributed by atoms with Gasteiger partial charge in [-0.25, -0.2) is 0 Å². The van der Waals surface area contributed by atoms with Crippen molar-refractivity contribution >= 4 is 0 Å². The van der Waals surface area contributed by atoms with E-state index < -0.39 is 0 Å². The van der Waals surface area contributed by atoms with Gasteiger partial charge < -0.3 is 10.2 Å². The van der Waals surface area contributed by atoms with Gasteiger partial charge in [0.15, 0.2) is 0 Å². The molecule has 2 aromatic rings. The predicted octanol–water partition coefficient (Wildman–Crippen LogP) is 3.58. The van der Waals surface area contributed by atoms with Gasteiger partial charge >= 0.3 is 0 Å². The van der Waals surface area contributed by atoms with Crippen LogP contribution in [0.4, 0.5) is 0 Å². The summed E-state index contributed by atoms with van der Waals surface area (Å²) in [5.41, 5.74) is 3.96. The zero-order valence-corrected chi connectivity index (χ0v) is 14.9. The highest BCUT2D eigenvalue weighted by Gasteiger charge is 2.22. The highest BCUT2D eigenvalue weighted by molar-refractivity contribution is 5.17. The summed E-state index contributed by atoms with van der Waals surface area (Å²) < 4.78 is 0. The Bertz CT molecular complexity index is 618. The molecule has 0 aliphatic carbocycles. The molecular weight excluding hydrogens is 294 g/mol. The number of hydrogen-bond donors (Lipinski definition) is 1. The first-order valence-electron chi connectivity index (χ1n) is 9.12. The minimum atomic E-state index is 0.620. The summed E-state index contributed by atoms with van der Waals surface area (Å²) in [7, 11) is 0. The zero-order chi connectivity index (χ0) is 16.8. The second kappa shape index (κ2) is 8.41. The molecule has 24 heavy (non-hydrogen) atoms. The first-order chi connectivity index (χ1) is 11.7. The number of likely N-dealkylation sites (tertiary alicyclic amines) is 1. The number of benzene rings is 1. The van der Waals surface area contributed by atoms with Crippen molar-refractivity contribution in [1.82, 2.24) is 15.2 Å². The van der Waals surface area contributed by atoms with Gasteiger partial charge in [0, 0.05) is 31.0 Å². The Hall–Kier alpha value is -1.71. The molecule has 3 nitrogen and oxygen atoms in total. The fourth-order valence-electron chi connectivity index (χ4n) is 3.61. The molecule has 1 fully saturated rings. The highest BCUT2D eigenvalue weighted by atomic mass is 15.2. The van der Waals surface area contributed by atoms with Gasteiger partial charge in [0.1, 0.15) is 0 Å². The molecule has 1 aromatic carbocycles. The number of piperidine rings is 1. The van der Waals surface area contributed by atoms with Gasteiger partial charge in [-0.1, -0.05) is 36.4 Å². The van der Waals surface area contributed by atoms with Gasteiger partial charge in [0.2, 0.25) is 0 Å². The number of nitrogens with zero attached hydrogens (tertiary/aromatic N) is 2. The lowest BCUT2D eigenvalue weighted by atomic mass is 10.00.